The van der Waals surface area contributed by atoms with Crippen molar-refractivity contribution in [3.63, 3.8) is 0 Å². The fraction of sp³-hybridized carbons (Fsp3) is 0.542. The van der Waals surface area contributed by atoms with Crippen LogP contribution in [0.3, 0.4) is 0 Å². The number of hydrogen-bond acceptors (Lipinski definition) is 7. The van der Waals surface area contributed by atoms with Gasteiger partial charge in [0, 0.05) is 49.9 Å². The quantitative estimate of drug-likeness (QED) is 0.685. The molecule has 3 aliphatic heterocycles. The maximum Gasteiger partial charge on any atom is 0.407 e. The van der Waals surface area contributed by atoms with Gasteiger partial charge in [-0.2, -0.15) is 0 Å². The van der Waals surface area contributed by atoms with E-state index in [1.165, 1.54) is 16.2 Å². The summed E-state index contributed by atoms with van der Waals surface area (Å²) in [5.41, 5.74) is 3.75. The molecule has 4 heterocycles. The monoisotopic (exact) mass is 485 g/mol. The zero-order valence-corrected chi connectivity index (χ0v) is 20.9. The maximum absolute atomic E-state index is 12.6. The lowest BCUT2D eigenvalue weighted by molar-refractivity contribution is 0.0900. The maximum atomic E-state index is 12.6. The van der Waals surface area contributed by atoms with E-state index in [9.17, 15) is 14.7 Å². The van der Waals surface area contributed by atoms with Gasteiger partial charge in [0.05, 0.1) is 17.9 Å². The molecule has 0 unspecified atom stereocenters. The van der Waals surface area contributed by atoms with Crippen LogP contribution in [0.15, 0.2) is 12.1 Å². The highest BCUT2D eigenvalue weighted by Gasteiger charge is 2.35. The van der Waals surface area contributed by atoms with Crippen molar-refractivity contribution >= 4 is 39.8 Å². The summed E-state index contributed by atoms with van der Waals surface area (Å²) in [5.74, 6) is 0.755. The summed E-state index contributed by atoms with van der Waals surface area (Å²) in [4.78, 5) is 35.3. The van der Waals surface area contributed by atoms with E-state index in [0.29, 0.717) is 37.5 Å². The predicted octanol–water partition coefficient (Wildman–Crippen LogP) is 3.63. The Kier molecular flexibility index (Phi) is 5.58. The van der Waals surface area contributed by atoms with Gasteiger partial charge in [-0.05, 0) is 45.2 Å². The number of benzene rings is 1. The van der Waals surface area contributed by atoms with Gasteiger partial charge in [0.15, 0.2) is 5.13 Å². The van der Waals surface area contributed by atoms with E-state index in [1.807, 2.05) is 13.8 Å². The third kappa shape index (κ3) is 4.04. The number of rotatable bonds is 3. The molecule has 0 aliphatic carbocycles. The SMILES string of the molecule is Cc1cc2c(cc1N(C)C1CCN(C(=O)O)CC1)OCCN2c1nc2c(s1)C(=O)NC(C)(C)C2. The minimum atomic E-state index is -0.843. The van der Waals surface area contributed by atoms with Gasteiger partial charge in [-0.25, -0.2) is 9.78 Å². The van der Waals surface area contributed by atoms with Gasteiger partial charge in [-0.1, -0.05) is 11.3 Å². The van der Waals surface area contributed by atoms with E-state index < -0.39 is 6.09 Å². The molecular weight excluding hydrogens is 454 g/mol. The van der Waals surface area contributed by atoms with Crippen molar-refractivity contribution in [3.8, 4) is 5.75 Å². The van der Waals surface area contributed by atoms with Gasteiger partial charge in [-0.3, -0.25) is 4.79 Å². The molecule has 1 aromatic carbocycles. The topological polar surface area (TPSA) is 98.2 Å². The summed E-state index contributed by atoms with van der Waals surface area (Å²) in [6.45, 7) is 8.45. The van der Waals surface area contributed by atoms with Crippen molar-refractivity contribution in [2.75, 3.05) is 43.1 Å². The molecule has 1 saturated heterocycles. The highest BCUT2D eigenvalue weighted by molar-refractivity contribution is 7.17. The van der Waals surface area contributed by atoms with E-state index in [0.717, 1.165) is 46.4 Å². The fourth-order valence-corrected chi connectivity index (χ4v) is 6.17. The fourth-order valence-electron chi connectivity index (χ4n) is 5.15. The third-order valence-corrected chi connectivity index (χ3v) is 8.11. The summed E-state index contributed by atoms with van der Waals surface area (Å²) in [7, 11) is 2.08. The van der Waals surface area contributed by atoms with Gasteiger partial charge in [-0.15, -0.1) is 0 Å². The van der Waals surface area contributed by atoms with Crippen molar-refractivity contribution in [3.05, 3.63) is 28.3 Å². The Morgan fingerprint density at radius 1 is 1.29 bits per heavy atom. The molecule has 0 bridgehead atoms. The first kappa shape index (κ1) is 22.8. The number of likely N-dealkylation sites (tertiary alicyclic amines) is 1. The Morgan fingerprint density at radius 2 is 2.03 bits per heavy atom. The van der Waals surface area contributed by atoms with E-state index in [1.54, 1.807) is 0 Å². The van der Waals surface area contributed by atoms with Crippen LogP contribution in [0, 0.1) is 6.92 Å². The summed E-state index contributed by atoms with van der Waals surface area (Å²) < 4.78 is 6.06. The van der Waals surface area contributed by atoms with Crippen molar-refractivity contribution in [1.29, 1.82) is 0 Å². The minimum absolute atomic E-state index is 0.0504. The Hall–Kier alpha value is -3.01. The Labute approximate surface area is 203 Å². The third-order valence-electron chi connectivity index (χ3n) is 6.99. The second-order valence-corrected chi connectivity index (χ2v) is 11.0. The number of nitrogens with zero attached hydrogens (tertiary/aromatic N) is 4. The number of carbonyl (C=O) groups is 2. The van der Waals surface area contributed by atoms with E-state index in [2.05, 4.69) is 41.2 Å². The van der Waals surface area contributed by atoms with Gasteiger partial charge >= 0.3 is 6.09 Å². The van der Waals surface area contributed by atoms with Crippen molar-refractivity contribution in [2.24, 2.45) is 0 Å². The molecule has 34 heavy (non-hydrogen) atoms. The molecule has 5 rings (SSSR count). The van der Waals surface area contributed by atoms with Crippen LogP contribution < -0.4 is 19.9 Å². The van der Waals surface area contributed by atoms with Crippen LogP contribution in [0.25, 0.3) is 0 Å². The zero-order valence-electron chi connectivity index (χ0n) is 20.1. The number of fused-ring (bicyclic) bond motifs is 2. The average molecular weight is 486 g/mol. The van der Waals surface area contributed by atoms with Crippen LogP contribution in [0.4, 0.5) is 21.3 Å². The average Bonchev–Trinajstić information content (AvgIpc) is 3.21. The van der Waals surface area contributed by atoms with E-state index in [4.69, 9.17) is 9.72 Å². The number of carbonyl (C=O) groups excluding carboxylic acids is 1. The molecule has 0 saturated carbocycles. The standard InChI is InChI=1S/C24H31N5O4S/c1-14-11-18-19(12-17(14)27(4)15-5-7-28(8-6-15)23(31)32)33-10-9-29(18)22-25-16-13-24(2,3)26-21(30)20(16)34-22/h11-12,15H,5-10,13H2,1-4H3,(H,26,30)(H,31,32). The summed E-state index contributed by atoms with van der Waals surface area (Å²) in [5, 5.41) is 13.1. The molecule has 2 amide bonds. The predicted molar refractivity (Wildman–Crippen MR) is 132 cm³/mol. The highest BCUT2D eigenvalue weighted by atomic mass is 32.1. The van der Waals surface area contributed by atoms with Crippen LogP contribution in [0.2, 0.25) is 0 Å². The summed E-state index contributed by atoms with van der Waals surface area (Å²) in [6, 6.07) is 4.50. The number of piperidine rings is 1. The van der Waals surface area contributed by atoms with Crippen molar-refractivity contribution in [1.82, 2.24) is 15.2 Å². The molecule has 0 radical (unpaired) electrons. The second-order valence-electron chi connectivity index (χ2n) is 10.0. The smallest absolute Gasteiger partial charge is 0.407 e. The lowest BCUT2D eigenvalue weighted by Crippen LogP contribution is -2.48. The Morgan fingerprint density at radius 3 is 2.74 bits per heavy atom. The van der Waals surface area contributed by atoms with Crippen molar-refractivity contribution in [2.45, 2.75) is 51.6 Å². The normalized spacial score (nSPS) is 19.7. The molecule has 10 heteroatoms. The molecule has 2 aromatic rings. The molecule has 1 aromatic heterocycles. The molecule has 0 spiro atoms. The number of anilines is 3. The first-order chi connectivity index (χ1) is 16.1. The molecule has 182 valence electrons. The first-order valence-electron chi connectivity index (χ1n) is 11.7. The van der Waals surface area contributed by atoms with Gasteiger partial charge in [0.1, 0.15) is 17.2 Å². The number of aryl methyl sites for hydroxylation is 1. The summed E-state index contributed by atoms with van der Waals surface area (Å²) >= 11 is 1.44. The highest BCUT2D eigenvalue weighted by Crippen LogP contribution is 2.43. The lowest BCUT2D eigenvalue weighted by Gasteiger charge is -2.38. The lowest BCUT2D eigenvalue weighted by atomic mass is 9.94. The van der Waals surface area contributed by atoms with Gasteiger partial charge in [0.25, 0.3) is 5.91 Å². The minimum Gasteiger partial charge on any atom is -0.489 e. The van der Waals surface area contributed by atoms with Crippen LogP contribution in [0.1, 0.15) is 47.6 Å². The summed E-state index contributed by atoms with van der Waals surface area (Å²) in [6.07, 6.45) is 1.47. The largest absolute Gasteiger partial charge is 0.489 e. The molecule has 9 nitrogen and oxygen atoms in total. The number of thiazole rings is 1. The van der Waals surface area contributed by atoms with Crippen molar-refractivity contribution < 1.29 is 19.4 Å². The zero-order chi connectivity index (χ0) is 24.2. The number of hydrogen-bond donors (Lipinski definition) is 2. The first-order valence-corrected chi connectivity index (χ1v) is 12.5. The number of aromatic nitrogens is 1. The number of ether oxygens (including phenoxy) is 1. The molecule has 3 aliphatic rings. The Balaban J connectivity index is 1.41. The molecule has 2 N–H and O–H groups in total. The van der Waals surface area contributed by atoms with Crippen LogP contribution >= 0.6 is 11.3 Å². The van der Waals surface area contributed by atoms with Gasteiger partial charge in [0.2, 0.25) is 0 Å². The van der Waals surface area contributed by atoms with E-state index in [-0.39, 0.29) is 17.5 Å². The molecule has 0 atom stereocenters. The van der Waals surface area contributed by atoms with Crippen LogP contribution in [-0.2, 0) is 6.42 Å². The number of nitrogens with one attached hydrogen (secondary N) is 1. The Bertz CT molecular complexity index is 1140. The second kappa shape index (κ2) is 8.33. The number of amides is 2. The van der Waals surface area contributed by atoms with E-state index >= 15 is 0 Å². The van der Waals surface area contributed by atoms with Gasteiger partial charge < -0.3 is 29.9 Å². The number of carboxylic acid groups (broad SMARTS) is 1. The molecule has 1 fully saturated rings. The van der Waals surface area contributed by atoms with Crippen LogP contribution in [-0.4, -0.2) is 71.9 Å². The molecular formula is C24H31N5O4S. The van der Waals surface area contributed by atoms with Crippen LogP contribution in [0.5, 0.6) is 5.75 Å².